The van der Waals surface area contributed by atoms with Gasteiger partial charge in [-0.25, -0.2) is 0 Å². The molecule has 2 rings (SSSR count). The summed E-state index contributed by atoms with van der Waals surface area (Å²) in [7, 11) is 7.52. The number of hydrogen-bond donors (Lipinski definition) is 1. The Kier molecular flexibility index (Phi) is 4.29. The van der Waals surface area contributed by atoms with Crippen LogP contribution in [0.4, 0.5) is 17.8 Å². The molecule has 2 heterocycles. The molecule has 106 valence electrons. The Morgan fingerprint density at radius 3 is 2.40 bits per heavy atom. The van der Waals surface area contributed by atoms with Crippen LogP contribution < -0.4 is 15.1 Å². The topological polar surface area (TPSA) is 70.1 Å². The lowest BCUT2D eigenvalue weighted by atomic mass is 10.3. The first kappa shape index (κ1) is 14.0. The quantitative estimate of drug-likeness (QED) is 0.871. The van der Waals surface area contributed by atoms with Crippen LogP contribution in [0.5, 0.6) is 0 Å². The number of pyridine rings is 1. The Morgan fingerprint density at radius 2 is 1.80 bits per heavy atom. The molecule has 0 bridgehead atoms. The van der Waals surface area contributed by atoms with Gasteiger partial charge in [-0.15, -0.1) is 0 Å². The summed E-state index contributed by atoms with van der Waals surface area (Å²) in [4.78, 5) is 21.2. The van der Waals surface area contributed by atoms with Crippen molar-refractivity contribution >= 4 is 17.8 Å². The van der Waals surface area contributed by atoms with E-state index in [1.165, 1.54) is 0 Å². The molecular formula is C13H19N7. The van der Waals surface area contributed by atoms with E-state index in [0.29, 0.717) is 24.4 Å². The standard InChI is InChI=1S/C13H19N7/c1-14-11-16-12(19(2)3)18-13(17-11)20(4)9-10-7-5-6-8-15-10/h5-8H,9H2,1-4H3,(H,14,16,17,18). The van der Waals surface area contributed by atoms with E-state index < -0.39 is 0 Å². The SMILES string of the molecule is CNc1nc(N(C)C)nc(N(C)Cc2ccccn2)n1. The molecule has 7 heteroatoms. The van der Waals surface area contributed by atoms with Crippen LogP contribution in [0.25, 0.3) is 0 Å². The van der Waals surface area contributed by atoms with Gasteiger partial charge in [-0.2, -0.15) is 15.0 Å². The maximum Gasteiger partial charge on any atom is 0.232 e. The lowest BCUT2D eigenvalue weighted by Crippen LogP contribution is -2.23. The number of hydrogen-bond acceptors (Lipinski definition) is 7. The van der Waals surface area contributed by atoms with Crippen molar-refractivity contribution in [3.8, 4) is 0 Å². The van der Waals surface area contributed by atoms with Crippen LogP contribution in [0.3, 0.4) is 0 Å². The lowest BCUT2D eigenvalue weighted by molar-refractivity contribution is 0.825. The highest BCUT2D eigenvalue weighted by Gasteiger charge is 2.11. The number of aromatic nitrogens is 4. The zero-order valence-electron chi connectivity index (χ0n) is 12.2. The van der Waals surface area contributed by atoms with E-state index in [4.69, 9.17) is 0 Å². The Hall–Kier alpha value is -2.44. The van der Waals surface area contributed by atoms with Crippen LogP contribution in [0.2, 0.25) is 0 Å². The number of anilines is 3. The zero-order chi connectivity index (χ0) is 14.5. The first-order valence-electron chi connectivity index (χ1n) is 6.32. The molecule has 0 saturated heterocycles. The molecule has 0 aromatic carbocycles. The summed E-state index contributed by atoms with van der Waals surface area (Å²) in [5.74, 6) is 1.78. The van der Waals surface area contributed by atoms with Crippen LogP contribution in [0.15, 0.2) is 24.4 Å². The van der Waals surface area contributed by atoms with Gasteiger partial charge in [-0.05, 0) is 12.1 Å². The maximum absolute atomic E-state index is 4.44. The average molecular weight is 273 g/mol. The minimum Gasteiger partial charge on any atom is -0.357 e. The third-order valence-electron chi connectivity index (χ3n) is 2.70. The zero-order valence-corrected chi connectivity index (χ0v) is 12.2. The molecule has 0 aliphatic heterocycles. The third-order valence-corrected chi connectivity index (χ3v) is 2.70. The van der Waals surface area contributed by atoms with Crippen LogP contribution in [-0.4, -0.2) is 48.1 Å². The van der Waals surface area contributed by atoms with Gasteiger partial charge >= 0.3 is 0 Å². The molecule has 2 aromatic rings. The van der Waals surface area contributed by atoms with Gasteiger partial charge in [0.05, 0.1) is 12.2 Å². The molecule has 20 heavy (non-hydrogen) atoms. The molecule has 7 nitrogen and oxygen atoms in total. The largest absolute Gasteiger partial charge is 0.357 e. The van der Waals surface area contributed by atoms with Crippen molar-refractivity contribution in [3.05, 3.63) is 30.1 Å². The molecule has 0 aliphatic rings. The predicted octanol–water partition coefficient (Wildman–Crippen LogP) is 1.01. The van der Waals surface area contributed by atoms with Crippen LogP contribution in [0.1, 0.15) is 5.69 Å². The Labute approximate surface area is 118 Å². The maximum atomic E-state index is 4.44. The monoisotopic (exact) mass is 273 g/mol. The van der Waals surface area contributed by atoms with Crippen LogP contribution in [0, 0.1) is 0 Å². The van der Waals surface area contributed by atoms with E-state index in [1.807, 2.05) is 49.1 Å². The van der Waals surface area contributed by atoms with Gasteiger partial charge in [-0.3, -0.25) is 4.98 Å². The highest BCUT2D eigenvalue weighted by atomic mass is 15.3. The molecule has 0 fully saturated rings. The van der Waals surface area contributed by atoms with Crippen LogP contribution >= 0.6 is 0 Å². The van der Waals surface area contributed by atoms with E-state index in [2.05, 4.69) is 25.3 Å². The molecule has 0 unspecified atom stereocenters. The van der Waals surface area contributed by atoms with Gasteiger partial charge in [0, 0.05) is 34.4 Å². The van der Waals surface area contributed by atoms with E-state index >= 15 is 0 Å². The van der Waals surface area contributed by atoms with Gasteiger partial charge in [0.15, 0.2) is 0 Å². The smallest absolute Gasteiger partial charge is 0.232 e. The molecule has 0 aliphatic carbocycles. The molecule has 0 amide bonds. The minimum atomic E-state index is 0.548. The number of nitrogens with one attached hydrogen (secondary N) is 1. The normalized spacial score (nSPS) is 10.2. The second-order valence-corrected chi connectivity index (χ2v) is 4.58. The lowest BCUT2D eigenvalue weighted by Gasteiger charge is -2.19. The molecule has 0 atom stereocenters. The second-order valence-electron chi connectivity index (χ2n) is 4.58. The summed E-state index contributed by atoms with van der Waals surface area (Å²) >= 11 is 0. The molecular weight excluding hydrogens is 254 g/mol. The van der Waals surface area contributed by atoms with Crippen molar-refractivity contribution in [3.63, 3.8) is 0 Å². The van der Waals surface area contributed by atoms with Crippen molar-refractivity contribution in [2.24, 2.45) is 0 Å². The van der Waals surface area contributed by atoms with Crippen molar-refractivity contribution in [1.29, 1.82) is 0 Å². The summed E-state index contributed by atoms with van der Waals surface area (Å²) in [6.07, 6.45) is 1.78. The molecule has 1 N–H and O–H groups in total. The van der Waals surface area contributed by atoms with Crippen molar-refractivity contribution in [2.75, 3.05) is 43.3 Å². The fourth-order valence-electron chi connectivity index (χ4n) is 1.64. The summed E-state index contributed by atoms with van der Waals surface area (Å²) < 4.78 is 0. The summed E-state index contributed by atoms with van der Waals surface area (Å²) in [6, 6.07) is 5.84. The Morgan fingerprint density at radius 1 is 1.05 bits per heavy atom. The van der Waals surface area contributed by atoms with Gasteiger partial charge in [0.2, 0.25) is 17.8 Å². The first-order chi connectivity index (χ1) is 9.60. The van der Waals surface area contributed by atoms with Crippen LogP contribution in [-0.2, 0) is 6.54 Å². The van der Waals surface area contributed by atoms with Crippen molar-refractivity contribution in [1.82, 2.24) is 19.9 Å². The molecule has 0 saturated carbocycles. The number of rotatable bonds is 5. The fraction of sp³-hybridized carbons (Fsp3) is 0.385. The summed E-state index contributed by atoms with van der Waals surface area (Å²) in [5.41, 5.74) is 0.966. The predicted molar refractivity (Wildman–Crippen MR) is 80.0 cm³/mol. The summed E-state index contributed by atoms with van der Waals surface area (Å²) in [6.45, 7) is 0.640. The van der Waals surface area contributed by atoms with Gasteiger partial charge < -0.3 is 15.1 Å². The molecule has 2 aromatic heterocycles. The van der Waals surface area contributed by atoms with E-state index in [1.54, 1.807) is 13.2 Å². The fourth-order valence-corrected chi connectivity index (χ4v) is 1.64. The van der Waals surface area contributed by atoms with E-state index in [9.17, 15) is 0 Å². The second kappa shape index (κ2) is 6.14. The first-order valence-corrected chi connectivity index (χ1v) is 6.32. The Balaban J connectivity index is 2.24. The van der Waals surface area contributed by atoms with Gasteiger partial charge in [0.25, 0.3) is 0 Å². The van der Waals surface area contributed by atoms with E-state index in [-0.39, 0.29) is 0 Å². The van der Waals surface area contributed by atoms with Gasteiger partial charge in [0.1, 0.15) is 0 Å². The molecule has 0 spiro atoms. The van der Waals surface area contributed by atoms with E-state index in [0.717, 1.165) is 5.69 Å². The minimum absolute atomic E-state index is 0.548. The average Bonchev–Trinajstić information content (AvgIpc) is 2.47. The number of nitrogens with zero attached hydrogens (tertiary/aromatic N) is 6. The molecule has 0 radical (unpaired) electrons. The Bertz CT molecular complexity index is 556. The van der Waals surface area contributed by atoms with Crippen molar-refractivity contribution in [2.45, 2.75) is 6.54 Å². The summed E-state index contributed by atoms with van der Waals surface area (Å²) in [5, 5.41) is 2.95. The third kappa shape index (κ3) is 3.31. The highest BCUT2D eigenvalue weighted by Crippen LogP contribution is 2.15. The highest BCUT2D eigenvalue weighted by molar-refractivity contribution is 5.44. The van der Waals surface area contributed by atoms with Crippen molar-refractivity contribution < 1.29 is 0 Å². The van der Waals surface area contributed by atoms with Gasteiger partial charge in [-0.1, -0.05) is 6.07 Å².